The molecule has 22 heavy (non-hydrogen) atoms. The van der Waals surface area contributed by atoms with Gasteiger partial charge in [0, 0.05) is 36.6 Å². The van der Waals surface area contributed by atoms with E-state index >= 15 is 0 Å². The number of piperazine rings is 1. The minimum atomic E-state index is -0.145. The smallest absolute Gasteiger partial charge is 0.128 e. The number of hydrogen-bond donors (Lipinski definition) is 1. The van der Waals surface area contributed by atoms with Crippen LogP contribution in [0.2, 0.25) is 4.34 Å². The van der Waals surface area contributed by atoms with Gasteiger partial charge in [0.15, 0.2) is 0 Å². The van der Waals surface area contributed by atoms with Crippen molar-refractivity contribution in [2.24, 2.45) is 0 Å². The van der Waals surface area contributed by atoms with Gasteiger partial charge < -0.3 is 5.32 Å². The van der Waals surface area contributed by atoms with E-state index in [4.69, 9.17) is 11.6 Å². The lowest BCUT2D eigenvalue weighted by molar-refractivity contribution is 0.197. The molecule has 2 heterocycles. The Morgan fingerprint density at radius 1 is 1.23 bits per heavy atom. The fourth-order valence-electron chi connectivity index (χ4n) is 2.82. The van der Waals surface area contributed by atoms with Gasteiger partial charge in [-0.1, -0.05) is 29.3 Å². The second kappa shape index (κ2) is 7.75. The van der Waals surface area contributed by atoms with E-state index in [2.05, 4.69) is 10.2 Å². The highest BCUT2D eigenvalue weighted by molar-refractivity contribution is 7.16. The van der Waals surface area contributed by atoms with Crippen LogP contribution >= 0.6 is 35.3 Å². The summed E-state index contributed by atoms with van der Waals surface area (Å²) in [7, 11) is 0. The average molecular weight is 361 g/mol. The molecule has 3 rings (SSSR count). The molecule has 1 saturated heterocycles. The van der Waals surface area contributed by atoms with E-state index in [-0.39, 0.29) is 24.3 Å². The van der Waals surface area contributed by atoms with Crippen molar-refractivity contribution >= 4 is 35.3 Å². The van der Waals surface area contributed by atoms with Crippen molar-refractivity contribution in [1.82, 2.24) is 10.2 Å². The lowest BCUT2D eigenvalue weighted by Crippen LogP contribution is -2.45. The maximum atomic E-state index is 14.4. The van der Waals surface area contributed by atoms with E-state index in [0.717, 1.165) is 46.5 Å². The zero-order valence-corrected chi connectivity index (χ0v) is 14.7. The van der Waals surface area contributed by atoms with E-state index in [0.29, 0.717) is 0 Å². The van der Waals surface area contributed by atoms with E-state index in [1.807, 2.05) is 31.2 Å². The van der Waals surface area contributed by atoms with Gasteiger partial charge in [0.25, 0.3) is 0 Å². The molecule has 0 bridgehead atoms. The highest BCUT2D eigenvalue weighted by Crippen LogP contribution is 2.36. The van der Waals surface area contributed by atoms with Gasteiger partial charge in [-0.15, -0.1) is 23.7 Å². The fourth-order valence-corrected chi connectivity index (χ4v) is 4.03. The zero-order valence-electron chi connectivity index (χ0n) is 12.3. The number of benzene rings is 1. The third-order valence-electron chi connectivity index (χ3n) is 3.83. The lowest BCUT2D eigenvalue weighted by Gasteiger charge is -2.35. The van der Waals surface area contributed by atoms with Crippen LogP contribution in [0.15, 0.2) is 30.3 Å². The highest BCUT2D eigenvalue weighted by atomic mass is 35.5. The summed E-state index contributed by atoms with van der Waals surface area (Å²) in [6.07, 6.45) is 0. The molecule has 0 unspecified atom stereocenters. The molecule has 120 valence electrons. The Morgan fingerprint density at radius 2 is 1.95 bits per heavy atom. The first-order valence-corrected chi connectivity index (χ1v) is 8.30. The Morgan fingerprint density at radius 3 is 2.59 bits per heavy atom. The van der Waals surface area contributed by atoms with Crippen LogP contribution in [0.1, 0.15) is 22.0 Å². The summed E-state index contributed by atoms with van der Waals surface area (Å²) < 4.78 is 15.1. The van der Waals surface area contributed by atoms with Crippen molar-refractivity contribution in [3.63, 3.8) is 0 Å². The van der Waals surface area contributed by atoms with Gasteiger partial charge in [-0.2, -0.15) is 0 Å². The molecule has 0 radical (unpaired) electrons. The molecule has 1 atom stereocenters. The first-order chi connectivity index (χ1) is 10.1. The largest absolute Gasteiger partial charge is 0.314 e. The van der Waals surface area contributed by atoms with Crippen molar-refractivity contribution in [2.45, 2.75) is 13.0 Å². The van der Waals surface area contributed by atoms with E-state index in [1.165, 1.54) is 11.3 Å². The van der Waals surface area contributed by atoms with Gasteiger partial charge in [0.1, 0.15) is 5.82 Å². The molecular formula is C16H19Cl2FN2S. The summed E-state index contributed by atoms with van der Waals surface area (Å²) in [6.45, 7) is 5.69. The molecule has 0 spiro atoms. The second-order valence-electron chi connectivity index (χ2n) is 5.36. The van der Waals surface area contributed by atoms with Crippen molar-refractivity contribution in [3.05, 3.63) is 56.5 Å². The molecule has 1 aromatic heterocycles. The molecule has 1 aromatic carbocycles. The summed E-state index contributed by atoms with van der Waals surface area (Å²) >= 11 is 7.63. The highest BCUT2D eigenvalue weighted by Gasteiger charge is 2.27. The maximum absolute atomic E-state index is 14.4. The van der Waals surface area contributed by atoms with Crippen LogP contribution in [-0.2, 0) is 0 Å². The van der Waals surface area contributed by atoms with Crippen molar-refractivity contribution in [1.29, 1.82) is 0 Å². The lowest BCUT2D eigenvalue weighted by atomic mass is 10.00. The molecule has 2 nitrogen and oxygen atoms in total. The molecular weight excluding hydrogens is 342 g/mol. The number of nitrogens with one attached hydrogen (secondary N) is 1. The first kappa shape index (κ1) is 17.7. The van der Waals surface area contributed by atoms with Crippen LogP contribution in [-0.4, -0.2) is 31.1 Å². The van der Waals surface area contributed by atoms with Crippen LogP contribution in [0.4, 0.5) is 4.39 Å². The van der Waals surface area contributed by atoms with Crippen LogP contribution in [0.3, 0.4) is 0 Å². The number of hydrogen-bond acceptors (Lipinski definition) is 3. The van der Waals surface area contributed by atoms with Crippen LogP contribution in [0.5, 0.6) is 0 Å². The second-order valence-corrected chi connectivity index (χ2v) is 7.10. The van der Waals surface area contributed by atoms with Crippen molar-refractivity contribution in [2.75, 3.05) is 26.2 Å². The first-order valence-electron chi connectivity index (χ1n) is 7.11. The zero-order chi connectivity index (χ0) is 14.8. The predicted octanol–water partition coefficient (Wildman–Crippen LogP) is 4.27. The molecule has 1 aliphatic heterocycles. The number of rotatable bonds is 3. The van der Waals surface area contributed by atoms with E-state index in [9.17, 15) is 4.39 Å². The van der Waals surface area contributed by atoms with Crippen LogP contribution in [0.25, 0.3) is 0 Å². The Bertz CT molecular complexity index is 626. The number of halogens is 3. The van der Waals surface area contributed by atoms with Crippen LogP contribution in [0, 0.1) is 12.7 Å². The summed E-state index contributed by atoms with van der Waals surface area (Å²) in [5.74, 6) is -0.145. The molecule has 0 amide bonds. The van der Waals surface area contributed by atoms with Gasteiger partial charge in [-0.05, 0) is 25.1 Å². The van der Waals surface area contributed by atoms with E-state index in [1.54, 1.807) is 6.07 Å². The maximum Gasteiger partial charge on any atom is 0.128 e. The molecule has 6 heteroatoms. The molecule has 2 aromatic rings. The minimum Gasteiger partial charge on any atom is -0.314 e. The molecule has 0 aliphatic carbocycles. The molecule has 1 N–H and O–H groups in total. The molecule has 0 saturated carbocycles. The number of nitrogens with zero attached hydrogens (tertiary/aromatic N) is 1. The number of thiophene rings is 1. The van der Waals surface area contributed by atoms with Gasteiger partial charge in [0.2, 0.25) is 0 Å². The predicted molar refractivity (Wildman–Crippen MR) is 94.0 cm³/mol. The quantitative estimate of drug-likeness (QED) is 0.879. The van der Waals surface area contributed by atoms with Gasteiger partial charge >= 0.3 is 0 Å². The standard InChI is InChI=1S/C16H18ClFN2S.ClH/c1-11-2-3-13(18)12(10-11)16(14-4-5-15(17)21-14)20-8-6-19-7-9-20;/h2-5,10,16,19H,6-9H2,1H3;1H/t16-;/m1./s1. The van der Waals surface area contributed by atoms with Crippen LogP contribution < -0.4 is 5.32 Å². The SMILES string of the molecule is Cc1ccc(F)c([C@H](c2ccc(Cl)s2)N2CCNCC2)c1.Cl. The summed E-state index contributed by atoms with van der Waals surface area (Å²) in [5, 5.41) is 3.35. The van der Waals surface area contributed by atoms with E-state index < -0.39 is 0 Å². The summed E-state index contributed by atoms with van der Waals surface area (Å²) in [6, 6.07) is 9.19. The number of aryl methyl sites for hydroxylation is 1. The third-order valence-corrected chi connectivity index (χ3v) is 5.11. The Hall–Kier alpha value is -0.650. The third kappa shape index (κ3) is 3.81. The summed E-state index contributed by atoms with van der Waals surface area (Å²) in [4.78, 5) is 3.43. The van der Waals surface area contributed by atoms with Crippen molar-refractivity contribution < 1.29 is 4.39 Å². The Balaban J connectivity index is 0.00000176. The Kier molecular flexibility index (Phi) is 6.24. The topological polar surface area (TPSA) is 15.3 Å². The molecule has 1 fully saturated rings. The average Bonchev–Trinajstić information content (AvgIpc) is 2.90. The van der Waals surface area contributed by atoms with Gasteiger partial charge in [-0.25, -0.2) is 4.39 Å². The molecule has 1 aliphatic rings. The normalized spacial score (nSPS) is 17.0. The van der Waals surface area contributed by atoms with Gasteiger partial charge in [0.05, 0.1) is 10.4 Å². The minimum absolute atomic E-state index is 0. The summed E-state index contributed by atoms with van der Waals surface area (Å²) in [5.41, 5.74) is 1.82. The monoisotopic (exact) mass is 360 g/mol. The fraction of sp³-hybridized carbons (Fsp3) is 0.375. The van der Waals surface area contributed by atoms with Crippen molar-refractivity contribution in [3.8, 4) is 0 Å². The van der Waals surface area contributed by atoms with Gasteiger partial charge in [-0.3, -0.25) is 4.90 Å². The Labute approximate surface area is 145 Å².